The summed E-state index contributed by atoms with van der Waals surface area (Å²) in [6.07, 6.45) is 5.65. The Morgan fingerprint density at radius 3 is 1.91 bits per heavy atom. The van der Waals surface area contributed by atoms with Gasteiger partial charge in [0, 0.05) is 73.7 Å². The highest BCUT2D eigenvalue weighted by atomic mass is 32.1. The molecule has 0 spiro atoms. The smallest absolute Gasteiger partial charge is 0.159 e. The molecule has 0 fully saturated rings. The van der Waals surface area contributed by atoms with E-state index in [1.165, 1.54) is 78.6 Å². The molecule has 7 aromatic carbocycles. The second-order valence-electron chi connectivity index (χ2n) is 14.9. The molecule has 1 aliphatic heterocycles. The zero-order valence-corrected chi connectivity index (χ0v) is 32.4. The lowest BCUT2D eigenvalue weighted by Gasteiger charge is -2.28. The van der Waals surface area contributed by atoms with E-state index in [-0.39, 0.29) is 12.1 Å². The SMILES string of the molecule is C1=c2sc3c(-c4cccc5c4sc4cccc(-n6c7ccccc7c7ccccc76)c45)cccc3c2=CC(C2N=C(c3ccccc3)N=C(c3ccccc3)N2)C1. The van der Waals surface area contributed by atoms with Gasteiger partial charge in [-0.05, 0) is 35.9 Å². The van der Waals surface area contributed by atoms with Crippen molar-refractivity contribution in [3.63, 3.8) is 0 Å². The Labute approximate surface area is 336 Å². The summed E-state index contributed by atoms with van der Waals surface area (Å²) in [6, 6.07) is 58.8. The summed E-state index contributed by atoms with van der Waals surface area (Å²) in [5.41, 5.74) is 8.36. The fraction of sp³-hybridized carbons (Fsp3) is 0.0588. The van der Waals surface area contributed by atoms with Crippen LogP contribution in [0.4, 0.5) is 0 Å². The number of nitrogens with zero attached hydrogens (tertiary/aromatic N) is 3. The number of thiophene rings is 2. The minimum Gasteiger partial charge on any atom is -0.347 e. The third-order valence-corrected chi connectivity index (χ3v) is 14.1. The van der Waals surface area contributed by atoms with Crippen LogP contribution < -0.4 is 15.1 Å². The number of hydrogen-bond acceptors (Lipinski definition) is 5. The fourth-order valence-electron chi connectivity index (χ4n) is 8.99. The Morgan fingerprint density at radius 2 is 1.18 bits per heavy atom. The third kappa shape index (κ3) is 5.18. The average molecular weight is 767 g/mol. The van der Waals surface area contributed by atoms with Gasteiger partial charge in [-0.1, -0.05) is 152 Å². The van der Waals surface area contributed by atoms with Crippen molar-refractivity contribution in [3.8, 4) is 16.8 Å². The molecular formula is C51H34N4S2. The number of aromatic nitrogens is 1. The van der Waals surface area contributed by atoms with E-state index < -0.39 is 0 Å². The van der Waals surface area contributed by atoms with Crippen molar-refractivity contribution in [2.45, 2.75) is 12.6 Å². The molecule has 6 heteroatoms. The van der Waals surface area contributed by atoms with Crippen molar-refractivity contribution in [3.05, 3.63) is 185 Å². The second kappa shape index (κ2) is 13.0. The number of benzene rings is 7. The largest absolute Gasteiger partial charge is 0.347 e. The van der Waals surface area contributed by atoms with Crippen molar-refractivity contribution in [2.75, 3.05) is 0 Å². The molecule has 12 rings (SSSR count). The van der Waals surface area contributed by atoms with Gasteiger partial charge in [-0.25, -0.2) is 9.98 Å². The average Bonchev–Trinajstić information content (AvgIpc) is 3.96. The molecule has 2 unspecified atom stereocenters. The van der Waals surface area contributed by atoms with Gasteiger partial charge in [-0.2, -0.15) is 0 Å². The molecule has 3 aromatic heterocycles. The molecule has 270 valence electrons. The zero-order valence-electron chi connectivity index (χ0n) is 30.8. The Balaban J connectivity index is 0.991. The third-order valence-electron chi connectivity index (χ3n) is 11.6. The summed E-state index contributed by atoms with van der Waals surface area (Å²) >= 11 is 3.82. The number of rotatable bonds is 5. The maximum atomic E-state index is 5.24. The highest BCUT2D eigenvalue weighted by molar-refractivity contribution is 7.26. The number of amidine groups is 2. The number of nitrogens with one attached hydrogen (secondary N) is 1. The number of aliphatic imine (C=N–C) groups is 2. The Morgan fingerprint density at radius 1 is 0.561 bits per heavy atom. The minimum absolute atomic E-state index is 0.147. The van der Waals surface area contributed by atoms with Crippen LogP contribution in [-0.4, -0.2) is 22.4 Å². The van der Waals surface area contributed by atoms with Gasteiger partial charge >= 0.3 is 0 Å². The Bertz CT molecular complexity index is 3370. The molecule has 0 saturated heterocycles. The molecule has 2 aliphatic rings. The molecule has 1 N–H and O–H groups in total. The quantitative estimate of drug-likeness (QED) is 0.186. The fourth-order valence-corrected chi connectivity index (χ4v) is 11.5. The number of hydrogen-bond donors (Lipinski definition) is 1. The van der Waals surface area contributed by atoms with E-state index >= 15 is 0 Å². The van der Waals surface area contributed by atoms with Gasteiger partial charge in [0.25, 0.3) is 0 Å². The predicted octanol–water partition coefficient (Wildman–Crippen LogP) is 11.4. The van der Waals surface area contributed by atoms with E-state index in [1.54, 1.807) is 0 Å². The van der Waals surface area contributed by atoms with Crippen LogP contribution in [-0.2, 0) is 0 Å². The van der Waals surface area contributed by atoms with Crippen LogP contribution in [0.25, 0.3) is 81.0 Å². The van der Waals surface area contributed by atoms with Crippen LogP contribution in [0.3, 0.4) is 0 Å². The lowest BCUT2D eigenvalue weighted by Crippen LogP contribution is -2.44. The van der Waals surface area contributed by atoms with Gasteiger partial charge in [0.1, 0.15) is 12.0 Å². The summed E-state index contributed by atoms with van der Waals surface area (Å²) < 4.78 is 7.76. The van der Waals surface area contributed by atoms with Gasteiger partial charge < -0.3 is 9.88 Å². The summed E-state index contributed by atoms with van der Waals surface area (Å²) in [6.45, 7) is 0. The lowest BCUT2D eigenvalue weighted by molar-refractivity contribution is 0.504. The Kier molecular flexibility index (Phi) is 7.43. The van der Waals surface area contributed by atoms with E-state index in [2.05, 4.69) is 174 Å². The highest BCUT2D eigenvalue weighted by Crippen LogP contribution is 2.45. The normalized spacial score (nSPS) is 16.6. The topological polar surface area (TPSA) is 41.7 Å². The number of para-hydroxylation sites is 2. The molecule has 57 heavy (non-hydrogen) atoms. The maximum Gasteiger partial charge on any atom is 0.159 e. The summed E-state index contributed by atoms with van der Waals surface area (Å²) in [7, 11) is 0. The lowest BCUT2D eigenvalue weighted by atomic mass is 9.94. The van der Waals surface area contributed by atoms with E-state index in [0.29, 0.717) is 0 Å². The van der Waals surface area contributed by atoms with Crippen molar-refractivity contribution >= 4 is 98.6 Å². The van der Waals surface area contributed by atoms with Gasteiger partial charge in [0.2, 0.25) is 0 Å². The van der Waals surface area contributed by atoms with Crippen LogP contribution in [0.1, 0.15) is 17.5 Å². The molecule has 2 atom stereocenters. The van der Waals surface area contributed by atoms with E-state index in [1.807, 2.05) is 34.8 Å². The first-order chi connectivity index (χ1) is 28.3. The molecule has 0 saturated carbocycles. The first-order valence-electron chi connectivity index (χ1n) is 19.5. The summed E-state index contributed by atoms with van der Waals surface area (Å²) in [5, 5.41) is 11.5. The van der Waals surface area contributed by atoms with Gasteiger partial charge in [-0.3, -0.25) is 0 Å². The number of fused-ring (bicyclic) bond motifs is 9. The molecule has 4 heterocycles. The predicted molar refractivity (Wildman–Crippen MR) is 244 cm³/mol. The molecule has 4 nitrogen and oxygen atoms in total. The monoisotopic (exact) mass is 766 g/mol. The highest BCUT2D eigenvalue weighted by Gasteiger charge is 2.27. The molecule has 1 aliphatic carbocycles. The minimum atomic E-state index is -0.147. The molecule has 0 amide bonds. The van der Waals surface area contributed by atoms with Gasteiger partial charge in [0.15, 0.2) is 5.84 Å². The van der Waals surface area contributed by atoms with Crippen LogP contribution in [0.15, 0.2) is 174 Å². The standard InChI is InChI=1S/C51H34N4S2/c1-3-14-31(15-4-1)49-52-50(32-16-5-2-6-17-32)54-51(53-49)33-28-29-44-40(30-33)38-22-11-20-36(47(38)56-44)37-21-12-23-39-46-43(26-13-27-45(46)57-48(37)39)55-41-24-9-7-18-34(41)35-19-8-10-25-42(35)55/h1-27,29-30,33,51H,28H2,(H,52,53,54). The second-order valence-corrected chi connectivity index (χ2v) is 17.0. The van der Waals surface area contributed by atoms with Gasteiger partial charge in [0.05, 0.1) is 16.7 Å². The van der Waals surface area contributed by atoms with Crippen molar-refractivity contribution in [2.24, 2.45) is 15.9 Å². The first-order valence-corrected chi connectivity index (χ1v) is 21.1. The maximum absolute atomic E-state index is 5.24. The summed E-state index contributed by atoms with van der Waals surface area (Å²) in [5.74, 6) is 1.80. The van der Waals surface area contributed by atoms with Crippen LogP contribution >= 0.6 is 22.7 Å². The van der Waals surface area contributed by atoms with Gasteiger partial charge in [-0.15, -0.1) is 22.7 Å². The van der Waals surface area contributed by atoms with Crippen LogP contribution in [0.2, 0.25) is 0 Å². The van der Waals surface area contributed by atoms with E-state index in [9.17, 15) is 0 Å². The molecule has 10 aromatic rings. The van der Waals surface area contributed by atoms with Crippen LogP contribution in [0, 0.1) is 5.92 Å². The molecule has 0 bridgehead atoms. The Hall–Kier alpha value is -6.60. The summed E-state index contributed by atoms with van der Waals surface area (Å²) in [4.78, 5) is 10.3. The first kappa shape index (κ1) is 32.6. The van der Waals surface area contributed by atoms with Crippen molar-refractivity contribution in [1.29, 1.82) is 0 Å². The van der Waals surface area contributed by atoms with Crippen molar-refractivity contribution < 1.29 is 0 Å². The molecule has 0 radical (unpaired) electrons. The van der Waals surface area contributed by atoms with Crippen molar-refractivity contribution in [1.82, 2.24) is 9.88 Å². The van der Waals surface area contributed by atoms with E-state index in [4.69, 9.17) is 9.98 Å². The van der Waals surface area contributed by atoms with Crippen LogP contribution in [0.5, 0.6) is 0 Å². The molecular weight excluding hydrogens is 733 g/mol. The zero-order chi connectivity index (χ0) is 37.5. The van der Waals surface area contributed by atoms with E-state index in [0.717, 1.165) is 29.2 Å².